The molecule has 3 aliphatic carbocycles. The molecule has 3 fully saturated rings. The van der Waals surface area contributed by atoms with E-state index in [1.165, 1.54) is 12.1 Å². The van der Waals surface area contributed by atoms with E-state index in [0.29, 0.717) is 32.1 Å². The van der Waals surface area contributed by atoms with Gasteiger partial charge in [0.05, 0.1) is 16.7 Å². The molecule has 3 aliphatic rings. The van der Waals surface area contributed by atoms with E-state index < -0.39 is 23.0 Å². The molecule has 0 aliphatic heterocycles. The van der Waals surface area contributed by atoms with Crippen molar-refractivity contribution in [2.45, 2.75) is 56.2 Å². The molecule has 3 saturated carbocycles. The molecule has 1 aromatic heterocycles. The summed E-state index contributed by atoms with van der Waals surface area (Å²) in [4.78, 5) is 33.0. The second kappa shape index (κ2) is 9.71. The maximum Gasteiger partial charge on any atom is 0.317 e. The molecule has 2 amide bonds. The number of benzene rings is 1. The summed E-state index contributed by atoms with van der Waals surface area (Å²) in [6, 6.07) is 5.79. The van der Waals surface area contributed by atoms with Gasteiger partial charge in [-0.15, -0.1) is 0 Å². The number of hydrogen-bond acceptors (Lipinski definition) is 7. The number of carbonyl (C=O) groups excluding carboxylic acids is 2. The zero-order chi connectivity index (χ0) is 24.3. The summed E-state index contributed by atoms with van der Waals surface area (Å²) in [5.41, 5.74) is -0.621. The number of halogens is 2. The number of aliphatic hydroxyl groups excluding tert-OH is 1. The maximum atomic E-state index is 13.5. The molecule has 2 aromatic rings. The third-order valence-corrected chi connectivity index (χ3v) is 6.79. The molecule has 5 rings (SSSR count). The number of nitrogens with zero attached hydrogens (tertiary/aromatic N) is 2. The van der Waals surface area contributed by atoms with Crippen LogP contribution in [0, 0.1) is 12.7 Å². The molecule has 1 heterocycles. The van der Waals surface area contributed by atoms with Gasteiger partial charge in [-0.05, 0) is 57.2 Å². The van der Waals surface area contributed by atoms with Crippen molar-refractivity contribution in [3.63, 3.8) is 0 Å². The van der Waals surface area contributed by atoms with Gasteiger partial charge in [-0.1, -0.05) is 11.6 Å². The molecule has 11 heteroatoms. The summed E-state index contributed by atoms with van der Waals surface area (Å²) in [6.07, 6.45) is 3.21. The van der Waals surface area contributed by atoms with Gasteiger partial charge < -0.3 is 25.2 Å². The quantitative estimate of drug-likeness (QED) is 0.515. The summed E-state index contributed by atoms with van der Waals surface area (Å²) in [6.45, 7) is 1.24. The number of ether oxygens (including phenoxy) is 2. The largest absolute Gasteiger partial charge is 0.484 e. The van der Waals surface area contributed by atoms with Gasteiger partial charge in [0.1, 0.15) is 11.6 Å². The summed E-state index contributed by atoms with van der Waals surface area (Å²) >= 11 is 5.65. The molecule has 1 aromatic carbocycles. The van der Waals surface area contributed by atoms with Gasteiger partial charge in [0.2, 0.25) is 0 Å². The Labute approximate surface area is 201 Å². The van der Waals surface area contributed by atoms with Crippen molar-refractivity contribution >= 4 is 23.4 Å². The van der Waals surface area contributed by atoms with E-state index in [4.69, 9.17) is 21.1 Å². The van der Waals surface area contributed by atoms with Gasteiger partial charge in [-0.2, -0.15) is 0 Å². The Hall–Kier alpha value is -2.98. The van der Waals surface area contributed by atoms with Crippen LogP contribution in [-0.2, 0) is 9.59 Å². The van der Waals surface area contributed by atoms with Crippen molar-refractivity contribution in [2.75, 3.05) is 13.2 Å². The Morgan fingerprint density at radius 1 is 1.15 bits per heavy atom. The molecule has 0 spiro atoms. The first-order valence-corrected chi connectivity index (χ1v) is 11.4. The second-order valence-electron chi connectivity index (χ2n) is 8.89. The van der Waals surface area contributed by atoms with E-state index in [9.17, 15) is 19.1 Å². The minimum absolute atomic E-state index is 0.0280. The molecular formula is C23H26ClFN4O5. The van der Waals surface area contributed by atoms with E-state index >= 15 is 0 Å². The van der Waals surface area contributed by atoms with Crippen molar-refractivity contribution in [1.29, 1.82) is 0 Å². The highest BCUT2D eigenvalue weighted by Gasteiger charge is 2.55. The molecule has 9 nitrogen and oxygen atoms in total. The molecule has 0 saturated heterocycles. The highest BCUT2D eigenvalue weighted by atomic mass is 35.5. The van der Waals surface area contributed by atoms with Crippen LogP contribution in [-0.4, -0.2) is 57.3 Å². The number of carbonyl (C=O) groups is 2. The highest BCUT2D eigenvalue weighted by Crippen LogP contribution is 2.47. The van der Waals surface area contributed by atoms with Gasteiger partial charge in [0.25, 0.3) is 11.8 Å². The number of fused-ring (bicyclic) bond motifs is 3. The number of aliphatic hydroxyl groups is 1. The minimum Gasteiger partial charge on any atom is -0.484 e. The summed E-state index contributed by atoms with van der Waals surface area (Å²) < 4.78 is 24.3. The maximum absolute atomic E-state index is 13.5. The lowest BCUT2D eigenvalue weighted by Gasteiger charge is -2.56. The second-order valence-corrected chi connectivity index (χ2v) is 9.29. The van der Waals surface area contributed by atoms with Crippen LogP contribution in [0.2, 0.25) is 5.02 Å². The Bertz CT molecular complexity index is 1080. The SMILES string of the molecule is Cc1ccnc(OCC(=O)NC23CCC(NC(=O)COc4ccc(Cl)c(F)c4)(CC2)C[C@@H]3O)n1. The Balaban J connectivity index is 1.28. The van der Waals surface area contributed by atoms with Crippen LogP contribution in [0.3, 0.4) is 0 Å². The van der Waals surface area contributed by atoms with E-state index in [-0.39, 0.29) is 41.8 Å². The predicted molar refractivity (Wildman–Crippen MR) is 120 cm³/mol. The Morgan fingerprint density at radius 2 is 1.85 bits per heavy atom. The lowest BCUT2D eigenvalue weighted by molar-refractivity contribution is -0.137. The monoisotopic (exact) mass is 492 g/mol. The molecule has 182 valence electrons. The highest BCUT2D eigenvalue weighted by molar-refractivity contribution is 6.30. The molecule has 34 heavy (non-hydrogen) atoms. The van der Waals surface area contributed by atoms with Crippen molar-refractivity contribution < 1.29 is 28.6 Å². The number of rotatable bonds is 8. The zero-order valence-electron chi connectivity index (χ0n) is 18.6. The first-order valence-electron chi connectivity index (χ1n) is 11.0. The summed E-state index contributed by atoms with van der Waals surface area (Å²) in [7, 11) is 0. The number of hydrogen-bond donors (Lipinski definition) is 3. The van der Waals surface area contributed by atoms with Crippen LogP contribution < -0.4 is 20.1 Å². The van der Waals surface area contributed by atoms with Gasteiger partial charge in [-0.3, -0.25) is 9.59 Å². The number of nitrogens with one attached hydrogen (secondary N) is 2. The molecule has 3 N–H and O–H groups in total. The average molecular weight is 493 g/mol. The fourth-order valence-electron chi connectivity index (χ4n) is 4.65. The van der Waals surface area contributed by atoms with E-state index in [0.717, 1.165) is 11.8 Å². The van der Waals surface area contributed by atoms with Crippen LogP contribution in [0.4, 0.5) is 4.39 Å². The molecular weight excluding hydrogens is 467 g/mol. The van der Waals surface area contributed by atoms with E-state index in [2.05, 4.69) is 20.6 Å². The van der Waals surface area contributed by atoms with Crippen LogP contribution in [0.15, 0.2) is 30.5 Å². The summed E-state index contributed by atoms with van der Waals surface area (Å²) in [5.74, 6) is -1.17. The number of aryl methyl sites for hydroxylation is 1. The topological polar surface area (TPSA) is 123 Å². The summed E-state index contributed by atoms with van der Waals surface area (Å²) in [5, 5.41) is 16.7. The first kappa shape index (κ1) is 24.2. The molecule has 1 atom stereocenters. The number of amides is 2. The van der Waals surface area contributed by atoms with Crippen LogP contribution in [0.25, 0.3) is 0 Å². The number of aromatic nitrogens is 2. The van der Waals surface area contributed by atoms with Gasteiger partial charge in [0, 0.05) is 23.5 Å². The van der Waals surface area contributed by atoms with Gasteiger partial charge in [-0.25, -0.2) is 14.4 Å². The average Bonchev–Trinajstić information content (AvgIpc) is 2.80. The van der Waals surface area contributed by atoms with Gasteiger partial charge >= 0.3 is 6.01 Å². The predicted octanol–water partition coefficient (Wildman–Crippen LogP) is 2.08. The third-order valence-electron chi connectivity index (χ3n) is 6.48. The standard InChI is InChI=1S/C23H26ClFN4O5/c1-14-4-9-26-21(27-14)34-13-20(32)29-23-7-5-22(6-8-23,11-18(23)30)28-19(31)12-33-15-2-3-16(24)17(25)10-15/h2-4,9-10,18,30H,5-8,11-13H2,1H3,(H,28,31)(H,29,32)/t18-,22?,23?/m0/s1. The fourth-order valence-corrected chi connectivity index (χ4v) is 4.77. The van der Waals surface area contributed by atoms with Crippen molar-refractivity contribution in [3.8, 4) is 11.8 Å². The molecule has 0 unspecified atom stereocenters. The molecule has 2 bridgehead atoms. The fraction of sp³-hybridized carbons (Fsp3) is 0.478. The van der Waals surface area contributed by atoms with Crippen molar-refractivity contribution in [1.82, 2.24) is 20.6 Å². The van der Waals surface area contributed by atoms with Crippen LogP contribution >= 0.6 is 11.6 Å². The van der Waals surface area contributed by atoms with E-state index in [1.54, 1.807) is 19.2 Å². The van der Waals surface area contributed by atoms with Crippen LogP contribution in [0.1, 0.15) is 37.8 Å². The zero-order valence-corrected chi connectivity index (χ0v) is 19.4. The Morgan fingerprint density at radius 3 is 2.53 bits per heavy atom. The Kier molecular flexibility index (Phi) is 6.90. The minimum atomic E-state index is -0.833. The lowest BCUT2D eigenvalue weighted by Crippen LogP contribution is -2.70. The van der Waals surface area contributed by atoms with E-state index in [1.807, 2.05) is 0 Å². The lowest BCUT2D eigenvalue weighted by atomic mass is 9.60. The normalized spacial score (nSPS) is 25.5. The third kappa shape index (κ3) is 5.39. The van der Waals surface area contributed by atoms with Crippen LogP contribution in [0.5, 0.6) is 11.8 Å². The first-order chi connectivity index (χ1) is 16.2. The molecule has 0 radical (unpaired) electrons. The van der Waals surface area contributed by atoms with Crippen molar-refractivity contribution in [2.24, 2.45) is 0 Å². The smallest absolute Gasteiger partial charge is 0.317 e. The van der Waals surface area contributed by atoms with Crippen molar-refractivity contribution in [3.05, 3.63) is 47.0 Å². The van der Waals surface area contributed by atoms with Gasteiger partial charge in [0.15, 0.2) is 13.2 Å².